The zero-order valence-electron chi connectivity index (χ0n) is 11.4. The van der Waals surface area contributed by atoms with Gasteiger partial charge in [0.15, 0.2) is 5.96 Å². The van der Waals surface area contributed by atoms with Gasteiger partial charge in [0.2, 0.25) is 0 Å². The number of rotatable bonds is 5. The van der Waals surface area contributed by atoms with E-state index >= 15 is 0 Å². The summed E-state index contributed by atoms with van der Waals surface area (Å²) in [5.74, 6) is 0.551. The van der Waals surface area contributed by atoms with Gasteiger partial charge in [0.1, 0.15) is 5.82 Å². The molecule has 1 aromatic heterocycles. The number of benzene rings is 1. The lowest BCUT2D eigenvalue weighted by molar-refractivity contribution is 0.626. The average Bonchev–Trinajstić information content (AvgIpc) is 2.97. The third-order valence-corrected chi connectivity index (χ3v) is 3.45. The van der Waals surface area contributed by atoms with E-state index in [1.807, 2.05) is 12.3 Å². The zero-order valence-corrected chi connectivity index (χ0v) is 12.2. The Hall–Kier alpha value is -1.88. The van der Waals surface area contributed by atoms with Crippen LogP contribution in [0.5, 0.6) is 0 Å². The van der Waals surface area contributed by atoms with E-state index in [0.29, 0.717) is 13.1 Å². The molecule has 1 aromatic carbocycles. The van der Waals surface area contributed by atoms with Gasteiger partial charge < -0.3 is 10.6 Å². The van der Waals surface area contributed by atoms with Gasteiger partial charge in [-0.2, -0.15) is 11.3 Å². The molecule has 106 valence electrons. The molecule has 0 bridgehead atoms. The predicted molar refractivity (Wildman–Crippen MR) is 82.4 cm³/mol. The first-order valence-electron chi connectivity index (χ1n) is 6.55. The summed E-state index contributed by atoms with van der Waals surface area (Å²) in [4.78, 5) is 4.52. The first-order chi connectivity index (χ1) is 9.78. The van der Waals surface area contributed by atoms with Crippen molar-refractivity contribution in [2.45, 2.75) is 20.0 Å². The maximum atomic E-state index is 12.8. The van der Waals surface area contributed by atoms with Gasteiger partial charge in [0.05, 0.1) is 6.54 Å². The van der Waals surface area contributed by atoms with Gasteiger partial charge in [0.25, 0.3) is 0 Å². The molecule has 2 N–H and O–H groups in total. The van der Waals surface area contributed by atoms with Crippen molar-refractivity contribution in [1.29, 1.82) is 0 Å². The van der Waals surface area contributed by atoms with Crippen LogP contribution in [0.25, 0.3) is 0 Å². The number of guanidine groups is 1. The van der Waals surface area contributed by atoms with Crippen LogP contribution in [0.2, 0.25) is 0 Å². The maximum Gasteiger partial charge on any atom is 0.191 e. The van der Waals surface area contributed by atoms with Gasteiger partial charge in [-0.1, -0.05) is 12.1 Å². The Kier molecular flexibility index (Phi) is 5.55. The van der Waals surface area contributed by atoms with E-state index in [4.69, 9.17) is 0 Å². The Labute approximate surface area is 122 Å². The van der Waals surface area contributed by atoms with E-state index in [9.17, 15) is 4.39 Å². The summed E-state index contributed by atoms with van der Waals surface area (Å²) in [7, 11) is 0. The van der Waals surface area contributed by atoms with Crippen LogP contribution >= 0.6 is 11.3 Å². The minimum atomic E-state index is -0.216. The molecule has 0 atom stereocenters. The summed E-state index contributed by atoms with van der Waals surface area (Å²) in [6.07, 6.45) is 0. The Bertz CT molecular complexity index is 535. The molecule has 0 radical (unpaired) electrons. The summed E-state index contributed by atoms with van der Waals surface area (Å²) >= 11 is 1.67. The molecule has 0 aliphatic carbocycles. The summed E-state index contributed by atoms with van der Waals surface area (Å²) in [5, 5.41) is 10.6. The first kappa shape index (κ1) is 14.5. The maximum absolute atomic E-state index is 12.8. The molecule has 2 aromatic rings. The molecule has 0 spiro atoms. The van der Waals surface area contributed by atoms with E-state index in [0.717, 1.165) is 18.1 Å². The molecule has 3 nitrogen and oxygen atoms in total. The largest absolute Gasteiger partial charge is 0.357 e. The smallest absolute Gasteiger partial charge is 0.191 e. The topological polar surface area (TPSA) is 36.4 Å². The number of nitrogens with zero attached hydrogens (tertiary/aromatic N) is 1. The average molecular weight is 291 g/mol. The number of halogens is 1. The molecule has 0 unspecified atom stereocenters. The van der Waals surface area contributed by atoms with E-state index in [2.05, 4.69) is 27.1 Å². The third-order valence-electron chi connectivity index (χ3n) is 2.72. The number of nitrogens with one attached hydrogen (secondary N) is 2. The lowest BCUT2D eigenvalue weighted by atomic mass is 10.2. The molecule has 2 rings (SSSR count). The third kappa shape index (κ3) is 4.66. The monoisotopic (exact) mass is 291 g/mol. The van der Waals surface area contributed by atoms with Gasteiger partial charge in [-0.15, -0.1) is 0 Å². The molecular weight excluding hydrogens is 273 g/mol. The van der Waals surface area contributed by atoms with Crippen molar-refractivity contribution in [3.63, 3.8) is 0 Å². The highest BCUT2D eigenvalue weighted by molar-refractivity contribution is 7.07. The summed E-state index contributed by atoms with van der Waals surface area (Å²) in [6, 6.07) is 8.53. The van der Waals surface area contributed by atoms with Crippen LogP contribution < -0.4 is 10.6 Å². The molecular formula is C15H18FN3S. The second-order valence-corrected chi connectivity index (χ2v) is 5.09. The van der Waals surface area contributed by atoms with Crippen molar-refractivity contribution in [3.8, 4) is 0 Å². The fraction of sp³-hybridized carbons (Fsp3) is 0.267. The van der Waals surface area contributed by atoms with Crippen LogP contribution in [0.1, 0.15) is 18.1 Å². The Morgan fingerprint density at radius 3 is 2.60 bits per heavy atom. The van der Waals surface area contributed by atoms with Crippen LogP contribution in [0, 0.1) is 5.82 Å². The zero-order chi connectivity index (χ0) is 14.2. The quantitative estimate of drug-likeness (QED) is 0.656. The van der Waals surface area contributed by atoms with E-state index in [1.54, 1.807) is 23.5 Å². The number of aliphatic imine (C=N–C) groups is 1. The van der Waals surface area contributed by atoms with Crippen molar-refractivity contribution >= 4 is 17.3 Å². The van der Waals surface area contributed by atoms with Gasteiger partial charge in [-0.05, 0) is 47.0 Å². The highest BCUT2D eigenvalue weighted by atomic mass is 32.1. The fourth-order valence-electron chi connectivity index (χ4n) is 1.68. The number of thiophene rings is 1. The van der Waals surface area contributed by atoms with Gasteiger partial charge >= 0.3 is 0 Å². The Morgan fingerprint density at radius 1 is 1.15 bits per heavy atom. The number of hydrogen-bond donors (Lipinski definition) is 2. The van der Waals surface area contributed by atoms with Crippen LogP contribution in [0.15, 0.2) is 46.1 Å². The molecule has 0 saturated heterocycles. The molecule has 5 heteroatoms. The minimum Gasteiger partial charge on any atom is -0.357 e. The molecule has 0 amide bonds. The molecule has 20 heavy (non-hydrogen) atoms. The predicted octanol–water partition coefficient (Wildman–Crippen LogP) is 3.14. The van der Waals surface area contributed by atoms with E-state index in [1.165, 1.54) is 17.7 Å². The fourth-order valence-corrected chi connectivity index (χ4v) is 2.34. The van der Waals surface area contributed by atoms with Crippen LogP contribution in [-0.2, 0) is 13.1 Å². The molecule has 0 aliphatic heterocycles. The van der Waals surface area contributed by atoms with Crippen molar-refractivity contribution in [1.82, 2.24) is 10.6 Å². The highest BCUT2D eigenvalue weighted by Gasteiger charge is 1.99. The number of hydrogen-bond acceptors (Lipinski definition) is 2. The molecule has 0 aliphatic rings. The van der Waals surface area contributed by atoms with Crippen LogP contribution in [0.4, 0.5) is 4.39 Å². The van der Waals surface area contributed by atoms with E-state index < -0.39 is 0 Å². The van der Waals surface area contributed by atoms with E-state index in [-0.39, 0.29) is 5.82 Å². The van der Waals surface area contributed by atoms with Crippen LogP contribution in [-0.4, -0.2) is 12.5 Å². The summed E-state index contributed by atoms with van der Waals surface area (Å²) in [5.41, 5.74) is 2.22. The van der Waals surface area contributed by atoms with Crippen molar-refractivity contribution < 1.29 is 4.39 Å². The van der Waals surface area contributed by atoms with Crippen LogP contribution in [0.3, 0.4) is 0 Å². The SMILES string of the molecule is CCNC(=NCc1ccsc1)NCc1ccc(F)cc1. The summed E-state index contributed by atoms with van der Waals surface area (Å²) in [6.45, 7) is 4.11. The second kappa shape index (κ2) is 7.65. The lowest BCUT2D eigenvalue weighted by Gasteiger charge is -2.11. The van der Waals surface area contributed by atoms with Crippen molar-refractivity contribution in [3.05, 3.63) is 58.0 Å². The standard InChI is InChI=1S/C15H18FN3S/c1-2-17-15(19-10-13-7-8-20-11-13)18-9-12-3-5-14(16)6-4-12/h3-8,11H,2,9-10H2,1H3,(H2,17,18,19). The van der Waals surface area contributed by atoms with Gasteiger partial charge in [0, 0.05) is 13.1 Å². The Morgan fingerprint density at radius 2 is 1.95 bits per heavy atom. The summed E-state index contributed by atoms with van der Waals surface area (Å²) < 4.78 is 12.8. The minimum absolute atomic E-state index is 0.216. The molecule has 0 fully saturated rings. The molecule has 0 saturated carbocycles. The van der Waals surface area contributed by atoms with Gasteiger partial charge in [-0.3, -0.25) is 0 Å². The van der Waals surface area contributed by atoms with Crippen molar-refractivity contribution in [2.75, 3.05) is 6.54 Å². The first-order valence-corrected chi connectivity index (χ1v) is 7.50. The van der Waals surface area contributed by atoms with Gasteiger partial charge in [-0.25, -0.2) is 9.38 Å². The Balaban J connectivity index is 1.91. The second-order valence-electron chi connectivity index (χ2n) is 4.31. The highest BCUT2D eigenvalue weighted by Crippen LogP contribution is 2.07. The lowest BCUT2D eigenvalue weighted by Crippen LogP contribution is -2.36. The molecule has 1 heterocycles. The normalized spacial score (nSPS) is 11.4. The van der Waals surface area contributed by atoms with Crippen molar-refractivity contribution in [2.24, 2.45) is 4.99 Å².